The van der Waals surface area contributed by atoms with Crippen LogP contribution in [0.15, 0.2) is 46.0 Å². The number of ether oxygens (including phenoxy) is 1. The smallest absolute Gasteiger partial charge is 0.252 e. The van der Waals surface area contributed by atoms with E-state index in [0.29, 0.717) is 36.7 Å². The molecule has 2 heterocycles. The molecule has 0 bridgehead atoms. The molecule has 3 rings (SSSR count). The van der Waals surface area contributed by atoms with E-state index in [-0.39, 0.29) is 18.4 Å². The van der Waals surface area contributed by atoms with Crippen molar-refractivity contribution < 1.29 is 17.9 Å². The Morgan fingerprint density at radius 2 is 2.07 bits per heavy atom. The summed E-state index contributed by atoms with van der Waals surface area (Å²) in [6.07, 6.45) is 1.39. The number of amides is 1. The molecule has 1 saturated heterocycles. The first-order valence-corrected chi connectivity index (χ1v) is 11.4. The molecule has 0 aliphatic carbocycles. The van der Waals surface area contributed by atoms with E-state index in [1.165, 1.54) is 15.6 Å². The van der Waals surface area contributed by atoms with Crippen molar-refractivity contribution in [3.8, 4) is 5.75 Å². The van der Waals surface area contributed by atoms with Gasteiger partial charge in [-0.05, 0) is 48.9 Å². The van der Waals surface area contributed by atoms with Crippen molar-refractivity contribution >= 4 is 27.3 Å². The summed E-state index contributed by atoms with van der Waals surface area (Å²) in [5.74, 6) is 0.375. The number of rotatable bonds is 7. The highest BCUT2D eigenvalue weighted by molar-refractivity contribution is 7.91. The first-order chi connectivity index (χ1) is 13.0. The number of piperidine rings is 1. The summed E-state index contributed by atoms with van der Waals surface area (Å²) < 4.78 is 32.5. The Kier molecular flexibility index (Phi) is 6.51. The summed E-state index contributed by atoms with van der Waals surface area (Å²) in [6.45, 7) is 3.65. The SMILES string of the molecule is CCOc1ccc(CNC(=O)[C@@H]2CCCN(S(=O)(=O)c3cccs3)C2)cc1. The van der Waals surface area contributed by atoms with Crippen molar-refractivity contribution in [2.24, 2.45) is 5.92 Å². The maximum Gasteiger partial charge on any atom is 0.252 e. The fourth-order valence-electron chi connectivity index (χ4n) is 3.12. The zero-order chi connectivity index (χ0) is 19.3. The predicted octanol–water partition coefficient (Wildman–Crippen LogP) is 2.86. The van der Waals surface area contributed by atoms with Crippen molar-refractivity contribution in [2.75, 3.05) is 19.7 Å². The van der Waals surface area contributed by atoms with Crippen LogP contribution in [0.2, 0.25) is 0 Å². The molecule has 1 aromatic carbocycles. The van der Waals surface area contributed by atoms with Gasteiger partial charge in [0.25, 0.3) is 10.0 Å². The van der Waals surface area contributed by atoms with Crippen LogP contribution in [-0.4, -0.2) is 38.3 Å². The molecule has 1 aliphatic heterocycles. The molecule has 8 heteroatoms. The van der Waals surface area contributed by atoms with Crippen molar-refractivity contribution in [3.63, 3.8) is 0 Å². The molecule has 1 atom stereocenters. The maximum atomic E-state index is 12.7. The second-order valence-electron chi connectivity index (χ2n) is 6.43. The maximum absolute atomic E-state index is 12.7. The number of nitrogens with zero attached hydrogens (tertiary/aromatic N) is 1. The lowest BCUT2D eigenvalue weighted by Crippen LogP contribution is -2.45. The molecule has 27 heavy (non-hydrogen) atoms. The third-order valence-electron chi connectivity index (χ3n) is 4.55. The van der Waals surface area contributed by atoms with E-state index in [1.807, 2.05) is 31.2 Å². The van der Waals surface area contributed by atoms with Gasteiger partial charge in [0, 0.05) is 19.6 Å². The quantitative estimate of drug-likeness (QED) is 0.764. The second kappa shape index (κ2) is 8.86. The Morgan fingerprint density at radius 3 is 2.74 bits per heavy atom. The molecule has 146 valence electrons. The van der Waals surface area contributed by atoms with Gasteiger partial charge < -0.3 is 10.1 Å². The highest BCUT2D eigenvalue weighted by atomic mass is 32.2. The molecule has 6 nitrogen and oxygen atoms in total. The lowest BCUT2D eigenvalue weighted by Gasteiger charge is -2.30. The van der Waals surface area contributed by atoms with Crippen LogP contribution in [0.25, 0.3) is 0 Å². The standard InChI is InChI=1S/C19H24N2O4S2/c1-2-25-17-9-7-15(8-10-17)13-20-19(22)16-5-3-11-21(14-16)27(23,24)18-6-4-12-26-18/h4,6-10,12,16H,2-3,5,11,13-14H2,1H3,(H,20,22)/t16-/m1/s1. The van der Waals surface area contributed by atoms with Crippen LogP contribution in [-0.2, 0) is 21.4 Å². The first kappa shape index (κ1) is 19.9. The second-order valence-corrected chi connectivity index (χ2v) is 9.54. The average molecular weight is 409 g/mol. The molecule has 2 aromatic rings. The van der Waals surface area contributed by atoms with E-state index in [1.54, 1.807) is 17.5 Å². The molecule has 0 spiro atoms. The molecule has 1 aromatic heterocycles. The van der Waals surface area contributed by atoms with Crippen molar-refractivity contribution in [1.29, 1.82) is 0 Å². The van der Waals surface area contributed by atoms with Crippen LogP contribution in [0.3, 0.4) is 0 Å². The molecule has 1 fully saturated rings. The minimum Gasteiger partial charge on any atom is -0.494 e. The van der Waals surface area contributed by atoms with Crippen LogP contribution >= 0.6 is 11.3 Å². The lowest BCUT2D eigenvalue weighted by atomic mass is 9.99. The van der Waals surface area contributed by atoms with Crippen molar-refractivity contribution in [1.82, 2.24) is 9.62 Å². The van der Waals surface area contributed by atoms with Gasteiger partial charge >= 0.3 is 0 Å². The predicted molar refractivity (Wildman–Crippen MR) is 105 cm³/mol. The van der Waals surface area contributed by atoms with Crippen molar-refractivity contribution in [2.45, 2.75) is 30.5 Å². The van der Waals surface area contributed by atoms with Gasteiger partial charge in [0.05, 0.1) is 12.5 Å². The monoisotopic (exact) mass is 408 g/mol. The van der Waals surface area contributed by atoms with Gasteiger partial charge in [0.15, 0.2) is 0 Å². The highest BCUT2D eigenvalue weighted by Gasteiger charge is 2.33. The van der Waals surface area contributed by atoms with E-state index in [4.69, 9.17) is 4.74 Å². The summed E-state index contributed by atoms with van der Waals surface area (Å²) in [7, 11) is -3.50. The van der Waals surface area contributed by atoms with Gasteiger partial charge in [-0.25, -0.2) is 8.42 Å². The van der Waals surface area contributed by atoms with E-state index >= 15 is 0 Å². The lowest BCUT2D eigenvalue weighted by molar-refractivity contribution is -0.126. The topological polar surface area (TPSA) is 75.7 Å². The molecule has 1 aliphatic rings. The van der Waals surface area contributed by atoms with Gasteiger partial charge in [0.1, 0.15) is 9.96 Å². The van der Waals surface area contributed by atoms with E-state index in [0.717, 1.165) is 11.3 Å². The summed E-state index contributed by atoms with van der Waals surface area (Å²) in [5.41, 5.74) is 0.977. The number of thiophene rings is 1. The zero-order valence-corrected chi connectivity index (χ0v) is 16.9. The van der Waals surface area contributed by atoms with E-state index in [9.17, 15) is 13.2 Å². The van der Waals surface area contributed by atoms with Gasteiger partial charge in [-0.1, -0.05) is 18.2 Å². The molecule has 1 amide bonds. The summed E-state index contributed by atoms with van der Waals surface area (Å²) >= 11 is 1.20. The molecule has 0 saturated carbocycles. The normalized spacial score (nSPS) is 18.2. The number of sulfonamides is 1. The molecular weight excluding hydrogens is 384 g/mol. The number of hydrogen-bond acceptors (Lipinski definition) is 5. The van der Waals surface area contributed by atoms with E-state index < -0.39 is 10.0 Å². The van der Waals surface area contributed by atoms with Crippen LogP contribution in [0, 0.1) is 5.92 Å². The summed E-state index contributed by atoms with van der Waals surface area (Å²) in [4.78, 5) is 12.5. The van der Waals surface area contributed by atoms with Crippen LogP contribution in [0.5, 0.6) is 5.75 Å². The Balaban J connectivity index is 1.57. The van der Waals surface area contributed by atoms with Gasteiger partial charge in [-0.15, -0.1) is 11.3 Å². The molecule has 1 N–H and O–H groups in total. The summed E-state index contributed by atoms with van der Waals surface area (Å²) in [6, 6.07) is 10.9. The van der Waals surface area contributed by atoms with E-state index in [2.05, 4.69) is 5.32 Å². The third-order valence-corrected chi connectivity index (χ3v) is 7.78. The first-order valence-electron chi connectivity index (χ1n) is 9.04. The van der Waals surface area contributed by atoms with Crippen molar-refractivity contribution in [3.05, 3.63) is 47.3 Å². The Hall–Kier alpha value is -1.90. The van der Waals surface area contributed by atoms with Gasteiger partial charge in [0.2, 0.25) is 5.91 Å². The summed E-state index contributed by atoms with van der Waals surface area (Å²) in [5, 5.41) is 4.68. The Morgan fingerprint density at radius 1 is 1.30 bits per heavy atom. The van der Waals surface area contributed by atoms with Crippen LogP contribution in [0.4, 0.5) is 0 Å². The Labute approximate surface area is 164 Å². The number of carbonyl (C=O) groups excluding carboxylic acids is 1. The van der Waals surface area contributed by atoms with Crippen LogP contribution in [0.1, 0.15) is 25.3 Å². The third kappa shape index (κ3) is 4.88. The highest BCUT2D eigenvalue weighted by Crippen LogP contribution is 2.26. The fraction of sp³-hybridized carbons (Fsp3) is 0.421. The number of carbonyl (C=O) groups is 1. The largest absolute Gasteiger partial charge is 0.494 e. The number of benzene rings is 1. The molecule has 0 radical (unpaired) electrons. The van der Waals surface area contributed by atoms with Gasteiger partial charge in [-0.3, -0.25) is 4.79 Å². The number of nitrogens with one attached hydrogen (secondary N) is 1. The fourth-order valence-corrected chi connectivity index (χ4v) is 5.78. The van der Waals surface area contributed by atoms with Gasteiger partial charge in [-0.2, -0.15) is 4.31 Å². The average Bonchev–Trinajstić information content (AvgIpc) is 3.23. The molecular formula is C19H24N2O4S2. The minimum absolute atomic E-state index is 0.102. The number of hydrogen-bond donors (Lipinski definition) is 1. The van der Waals surface area contributed by atoms with Crippen LogP contribution < -0.4 is 10.1 Å². The zero-order valence-electron chi connectivity index (χ0n) is 15.3. The molecule has 0 unspecified atom stereocenters. The minimum atomic E-state index is -3.50. The Bertz CT molecular complexity index is 848.